The van der Waals surface area contributed by atoms with Crippen LogP contribution in [-0.4, -0.2) is 35.2 Å². The Morgan fingerprint density at radius 2 is 1.83 bits per heavy atom. The number of H-pyrrole nitrogens is 1. The van der Waals surface area contributed by atoms with Crippen LogP contribution in [0.4, 0.5) is 0 Å². The molecule has 36 heavy (non-hydrogen) atoms. The van der Waals surface area contributed by atoms with Crippen molar-refractivity contribution in [3.05, 3.63) is 93.2 Å². The van der Waals surface area contributed by atoms with E-state index >= 15 is 0 Å². The molecule has 0 amide bonds. The number of aryl methyl sites for hydroxylation is 4. The highest BCUT2D eigenvalue weighted by atomic mass is 15.5. The zero-order valence-electron chi connectivity index (χ0n) is 21.3. The molecule has 0 aliphatic heterocycles. The molecule has 6 rings (SSSR count). The molecule has 7 heteroatoms. The third-order valence-corrected chi connectivity index (χ3v) is 7.39. The minimum atomic E-state index is 0.624. The van der Waals surface area contributed by atoms with Gasteiger partial charge in [-0.25, -0.2) is 9.97 Å². The van der Waals surface area contributed by atoms with Gasteiger partial charge >= 0.3 is 0 Å². The lowest BCUT2D eigenvalue weighted by Crippen LogP contribution is -2.07. The van der Waals surface area contributed by atoms with E-state index in [4.69, 9.17) is 9.97 Å². The first-order valence-corrected chi connectivity index (χ1v) is 12.5. The van der Waals surface area contributed by atoms with Gasteiger partial charge in [-0.05, 0) is 96.8 Å². The maximum absolute atomic E-state index is 4.99. The number of benzene rings is 2. The Morgan fingerprint density at radius 3 is 2.61 bits per heavy atom. The highest BCUT2D eigenvalue weighted by Gasteiger charge is 2.25. The highest BCUT2D eigenvalue weighted by molar-refractivity contribution is 5.99. The Morgan fingerprint density at radius 1 is 1.00 bits per heavy atom. The van der Waals surface area contributed by atoms with E-state index < -0.39 is 0 Å². The molecule has 1 aliphatic carbocycles. The summed E-state index contributed by atoms with van der Waals surface area (Å²) in [5.41, 5.74) is 13.8. The summed E-state index contributed by atoms with van der Waals surface area (Å²) in [5.74, 6) is 1.66. The first-order valence-electron chi connectivity index (χ1n) is 12.5. The molecule has 0 bridgehead atoms. The van der Waals surface area contributed by atoms with Gasteiger partial charge in [-0.3, -0.25) is 4.57 Å². The molecular weight excluding hydrogens is 446 g/mol. The number of allylic oxidation sites excluding steroid dienone is 1. The van der Waals surface area contributed by atoms with E-state index in [1.54, 1.807) is 0 Å². The minimum absolute atomic E-state index is 0.624. The number of nitrogens with zero attached hydrogens (tertiary/aromatic N) is 6. The van der Waals surface area contributed by atoms with Crippen molar-refractivity contribution >= 4 is 22.3 Å². The average molecular weight is 476 g/mol. The van der Waals surface area contributed by atoms with Crippen LogP contribution >= 0.6 is 0 Å². The van der Waals surface area contributed by atoms with Gasteiger partial charge in [-0.2, -0.15) is 5.21 Å². The Kier molecular flexibility index (Phi) is 5.29. The van der Waals surface area contributed by atoms with Gasteiger partial charge < -0.3 is 0 Å². The molecule has 3 heterocycles. The summed E-state index contributed by atoms with van der Waals surface area (Å²) in [5, 5.41) is 15.0. The molecule has 1 aliphatic rings. The van der Waals surface area contributed by atoms with Crippen LogP contribution < -0.4 is 0 Å². The number of fused-ring (bicyclic) bond motifs is 3. The lowest BCUT2D eigenvalue weighted by molar-refractivity contribution is 0.881. The topological polar surface area (TPSA) is 85.2 Å². The number of nitrogens with one attached hydrogen (secondary N) is 1. The van der Waals surface area contributed by atoms with Gasteiger partial charge in [0.1, 0.15) is 11.3 Å². The van der Waals surface area contributed by atoms with Crippen molar-refractivity contribution in [1.29, 1.82) is 0 Å². The zero-order chi connectivity index (χ0) is 25.0. The van der Waals surface area contributed by atoms with E-state index in [0.29, 0.717) is 5.82 Å². The van der Waals surface area contributed by atoms with E-state index in [-0.39, 0.29) is 0 Å². The lowest BCUT2D eigenvalue weighted by Gasteiger charge is -2.19. The first kappa shape index (κ1) is 22.3. The third-order valence-electron chi connectivity index (χ3n) is 7.39. The SMILES string of the molecule is CCc1nc2c(C)cc(C)nc2n1-c1ccc2c(c1C)CCc1ccccc1/C2=C(\C)c1nn[nH]n1. The maximum atomic E-state index is 4.99. The maximum Gasteiger partial charge on any atom is 0.201 e. The molecule has 0 radical (unpaired) electrons. The van der Waals surface area contributed by atoms with Crippen LogP contribution in [-0.2, 0) is 19.3 Å². The fraction of sp³-hybridized carbons (Fsp3) is 0.276. The largest absolute Gasteiger partial charge is 0.280 e. The molecule has 0 spiro atoms. The molecule has 0 saturated heterocycles. The fourth-order valence-electron chi connectivity index (χ4n) is 5.66. The Balaban J connectivity index is 1.64. The summed E-state index contributed by atoms with van der Waals surface area (Å²) in [6, 6.07) is 15.3. The van der Waals surface area contributed by atoms with Crippen molar-refractivity contribution in [3.8, 4) is 5.69 Å². The number of imidazole rings is 1. The lowest BCUT2D eigenvalue weighted by atomic mass is 9.88. The highest BCUT2D eigenvalue weighted by Crippen LogP contribution is 2.40. The zero-order valence-corrected chi connectivity index (χ0v) is 21.3. The second kappa shape index (κ2) is 8.52. The molecule has 0 unspecified atom stereocenters. The van der Waals surface area contributed by atoms with E-state index in [0.717, 1.165) is 58.8 Å². The Labute approximate surface area is 210 Å². The summed E-state index contributed by atoms with van der Waals surface area (Å²) in [6.45, 7) is 10.6. The second-order valence-corrected chi connectivity index (χ2v) is 9.60. The molecule has 180 valence electrons. The third kappa shape index (κ3) is 3.38. The molecule has 5 aromatic rings. The summed E-state index contributed by atoms with van der Waals surface area (Å²) >= 11 is 0. The van der Waals surface area contributed by atoms with Crippen molar-refractivity contribution in [3.63, 3.8) is 0 Å². The van der Waals surface area contributed by atoms with Crippen molar-refractivity contribution in [1.82, 2.24) is 35.2 Å². The van der Waals surface area contributed by atoms with E-state index in [1.165, 1.54) is 33.4 Å². The predicted octanol–water partition coefficient (Wildman–Crippen LogP) is 5.50. The van der Waals surface area contributed by atoms with Crippen molar-refractivity contribution in [2.75, 3.05) is 0 Å². The Hall–Kier alpha value is -4.13. The minimum Gasteiger partial charge on any atom is -0.280 e. The smallest absolute Gasteiger partial charge is 0.201 e. The van der Waals surface area contributed by atoms with E-state index in [9.17, 15) is 0 Å². The quantitative estimate of drug-likeness (QED) is 0.372. The number of hydrogen-bond donors (Lipinski definition) is 1. The van der Waals surface area contributed by atoms with Gasteiger partial charge in [-0.15, -0.1) is 10.2 Å². The van der Waals surface area contributed by atoms with Gasteiger partial charge in [-0.1, -0.05) is 37.3 Å². The molecule has 0 atom stereocenters. The van der Waals surface area contributed by atoms with Crippen LogP contribution in [0.1, 0.15) is 64.6 Å². The number of pyridine rings is 1. The molecule has 1 N–H and O–H groups in total. The van der Waals surface area contributed by atoms with Crippen LogP contribution in [0.3, 0.4) is 0 Å². The van der Waals surface area contributed by atoms with Gasteiger partial charge in [0, 0.05) is 17.7 Å². The predicted molar refractivity (Wildman–Crippen MR) is 142 cm³/mol. The van der Waals surface area contributed by atoms with Crippen molar-refractivity contribution in [2.24, 2.45) is 0 Å². The van der Waals surface area contributed by atoms with Crippen molar-refractivity contribution < 1.29 is 0 Å². The summed E-state index contributed by atoms with van der Waals surface area (Å²) in [6.07, 6.45) is 2.76. The molecular formula is C29H29N7. The van der Waals surface area contributed by atoms with Crippen molar-refractivity contribution in [2.45, 2.75) is 53.9 Å². The van der Waals surface area contributed by atoms with Crippen LogP contribution in [0.2, 0.25) is 0 Å². The molecule has 3 aromatic heterocycles. The summed E-state index contributed by atoms with van der Waals surface area (Å²) in [4.78, 5) is 9.92. The fourth-order valence-corrected chi connectivity index (χ4v) is 5.66. The van der Waals surface area contributed by atoms with Gasteiger partial charge in [0.25, 0.3) is 0 Å². The van der Waals surface area contributed by atoms with Crippen LogP contribution in [0.5, 0.6) is 0 Å². The molecule has 7 nitrogen and oxygen atoms in total. The van der Waals surface area contributed by atoms with E-state index in [2.05, 4.69) is 95.4 Å². The number of hydrogen-bond acceptors (Lipinski definition) is 5. The summed E-state index contributed by atoms with van der Waals surface area (Å²) < 4.78 is 2.26. The van der Waals surface area contributed by atoms with Crippen LogP contribution in [0, 0.1) is 20.8 Å². The molecule has 2 aromatic carbocycles. The second-order valence-electron chi connectivity index (χ2n) is 9.60. The van der Waals surface area contributed by atoms with Gasteiger partial charge in [0.15, 0.2) is 5.65 Å². The molecule has 0 fully saturated rings. The standard InChI is InChI=1S/C29H29N7/c1-6-25-31-27-16(2)15-17(3)30-29(27)36(25)24-14-13-23-21(18(24)4)12-11-20-9-7-8-10-22(20)26(23)19(5)28-32-34-35-33-28/h7-10,13-15H,6,11-12H2,1-5H3,(H,32,33,34,35)/b26-19-. The number of rotatable bonds is 3. The van der Waals surface area contributed by atoms with Crippen LogP contribution in [0.25, 0.3) is 28.0 Å². The number of aromatic nitrogens is 7. The number of tetrazole rings is 1. The number of aromatic amines is 1. The van der Waals surface area contributed by atoms with Gasteiger partial charge in [0.2, 0.25) is 5.82 Å². The Bertz CT molecular complexity index is 1660. The molecule has 0 saturated carbocycles. The average Bonchev–Trinajstić information content (AvgIpc) is 3.49. The van der Waals surface area contributed by atoms with Gasteiger partial charge in [0.05, 0.1) is 5.69 Å². The van der Waals surface area contributed by atoms with E-state index in [1.807, 2.05) is 6.92 Å². The first-order chi connectivity index (χ1) is 17.5. The monoisotopic (exact) mass is 475 g/mol. The summed E-state index contributed by atoms with van der Waals surface area (Å²) in [7, 11) is 0. The normalized spacial score (nSPS) is 14.5. The van der Waals surface area contributed by atoms with Crippen LogP contribution in [0.15, 0.2) is 42.5 Å².